The molecule has 2 heterocycles. The summed E-state index contributed by atoms with van der Waals surface area (Å²) in [5, 5.41) is 7.93. The molecule has 0 saturated carbocycles. The second-order valence-corrected chi connectivity index (χ2v) is 7.40. The maximum absolute atomic E-state index is 12.7. The van der Waals surface area contributed by atoms with Gasteiger partial charge in [0, 0.05) is 25.7 Å². The third kappa shape index (κ3) is 3.53. The fourth-order valence-electron chi connectivity index (χ4n) is 2.78. The van der Waals surface area contributed by atoms with Crippen molar-refractivity contribution in [1.29, 1.82) is 0 Å². The first-order chi connectivity index (χ1) is 11.1. The van der Waals surface area contributed by atoms with E-state index in [0.717, 1.165) is 25.7 Å². The molecule has 1 aromatic heterocycles. The van der Waals surface area contributed by atoms with Crippen molar-refractivity contribution in [3.63, 3.8) is 0 Å². The van der Waals surface area contributed by atoms with Crippen molar-refractivity contribution >= 4 is 15.9 Å². The summed E-state index contributed by atoms with van der Waals surface area (Å²) >= 11 is 0. The van der Waals surface area contributed by atoms with Crippen molar-refractivity contribution in [3.8, 4) is 11.4 Å². The topological polar surface area (TPSA) is 80.1 Å². The number of aryl methyl sites for hydroxylation is 1. The van der Waals surface area contributed by atoms with Crippen LogP contribution in [0.4, 0.5) is 5.69 Å². The van der Waals surface area contributed by atoms with Crippen molar-refractivity contribution in [3.05, 3.63) is 30.6 Å². The molecule has 0 aliphatic carbocycles. The number of anilines is 1. The van der Waals surface area contributed by atoms with Crippen molar-refractivity contribution in [2.45, 2.75) is 25.7 Å². The van der Waals surface area contributed by atoms with Crippen molar-refractivity contribution in [1.82, 2.24) is 19.1 Å². The van der Waals surface area contributed by atoms with Gasteiger partial charge in [-0.2, -0.15) is 12.7 Å². The van der Waals surface area contributed by atoms with Gasteiger partial charge in [-0.05, 0) is 25.0 Å². The average Bonchev–Trinajstić information content (AvgIpc) is 2.77. The Morgan fingerprint density at radius 3 is 2.43 bits per heavy atom. The van der Waals surface area contributed by atoms with Gasteiger partial charge in [-0.1, -0.05) is 25.0 Å². The van der Waals surface area contributed by atoms with E-state index < -0.39 is 10.2 Å². The minimum absolute atomic E-state index is 0.521. The molecule has 0 bridgehead atoms. The van der Waals surface area contributed by atoms with E-state index in [0.29, 0.717) is 30.2 Å². The van der Waals surface area contributed by atoms with Gasteiger partial charge in [0.25, 0.3) is 0 Å². The van der Waals surface area contributed by atoms with Crippen molar-refractivity contribution in [2.75, 3.05) is 17.8 Å². The summed E-state index contributed by atoms with van der Waals surface area (Å²) in [6, 6.07) is 7.25. The Balaban J connectivity index is 1.89. The number of hydrogen-bond acceptors (Lipinski definition) is 4. The third-order valence-electron chi connectivity index (χ3n) is 4.02. The Morgan fingerprint density at radius 1 is 1.09 bits per heavy atom. The monoisotopic (exact) mass is 335 g/mol. The molecule has 0 radical (unpaired) electrons. The van der Waals surface area contributed by atoms with E-state index in [1.807, 2.05) is 19.2 Å². The zero-order valence-corrected chi connectivity index (χ0v) is 14.0. The van der Waals surface area contributed by atoms with Gasteiger partial charge in [0.2, 0.25) is 0 Å². The average molecular weight is 335 g/mol. The van der Waals surface area contributed by atoms with Crippen LogP contribution in [0.5, 0.6) is 0 Å². The van der Waals surface area contributed by atoms with Gasteiger partial charge in [-0.15, -0.1) is 10.2 Å². The Bertz CT molecular complexity index is 764. The molecule has 1 saturated heterocycles. The van der Waals surface area contributed by atoms with E-state index in [1.165, 1.54) is 4.31 Å². The lowest BCUT2D eigenvalue weighted by molar-refractivity contribution is 0.427. The molecule has 23 heavy (non-hydrogen) atoms. The molecule has 8 heteroatoms. The van der Waals surface area contributed by atoms with Gasteiger partial charge in [0.15, 0.2) is 5.82 Å². The van der Waals surface area contributed by atoms with Gasteiger partial charge in [-0.25, -0.2) is 0 Å². The molecular formula is C15H21N5O2S. The van der Waals surface area contributed by atoms with Gasteiger partial charge >= 0.3 is 10.2 Å². The summed E-state index contributed by atoms with van der Waals surface area (Å²) in [6.45, 7) is 1.14. The Labute approximate surface area is 136 Å². The van der Waals surface area contributed by atoms with Crippen LogP contribution in [0.15, 0.2) is 30.6 Å². The first kappa shape index (κ1) is 15.9. The number of benzene rings is 1. The fourth-order valence-corrected chi connectivity index (χ4v) is 4.10. The summed E-state index contributed by atoms with van der Waals surface area (Å²) in [5.74, 6) is 0.624. The second-order valence-electron chi connectivity index (χ2n) is 5.73. The molecule has 0 amide bonds. The van der Waals surface area contributed by atoms with Crippen LogP contribution in [0.3, 0.4) is 0 Å². The summed E-state index contributed by atoms with van der Waals surface area (Å²) in [4.78, 5) is 0. The smallest absolute Gasteiger partial charge is 0.301 e. The Morgan fingerprint density at radius 2 is 1.78 bits per heavy atom. The van der Waals surface area contributed by atoms with E-state index in [2.05, 4.69) is 14.9 Å². The zero-order valence-electron chi connectivity index (χ0n) is 13.1. The van der Waals surface area contributed by atoms with E-state index in [4.69, 9.17) is 0 Å². The predicted octanol–water partition coefficient (Wildman–Crippen LogP) is 2.01. The predicted molar refractivity (Wildman–Crippen MR) is 89.0 cm³/mol. The summed E-state index contributed by atoms with van der Waals surface area (Å²) in [7, 11) is -1.73. The maximum Gasteiger partial charge on any atom is 0.301 e. The van der Waals surface area contributed by atoms with Gasteiger partial charge in [0.05, 0.1) is 5.69 Å². The highest BCUT2D eigenvalue weighted by Gasteiger charge is 2.24. The largest absolute Gasteiger partial charge is 0.317 e. The number of rotatable bonds is 4. The highest BCUT2D eigenvalue weighted by Crippen LogP contribution is 2.27. The van der Waals surface area contributed by atoms with Crippen LogP contribution in [0.1, 0.15) is 25.7 Å². The summed E-state index contributed by atoms with van der Waals surface area (Å²) in [5.41, 5.74) is 1.23. The van der Waals surface area contributed by atoms with Crippen LogP contribution in [0, 0.1) is 0 Å². The first-order valence-electron chi connectivity index (χ1n) is 7.79. The second kappa shape index (κ2) is 6.67. The molecule has 0 atom stereocenters. The minimum atomic E-state index is -3.56. The van der Waals surface area contributed by atoms with Crippen molar-refractivity contribution in [2.24, 2.45) is 7.05 Å². The fraction of sp³-hybridized carbons (Fsp3) is 0.467. The van der Waals surface area contributed by atoms with Crippen LogP contribution in [0.2, 0.25) is 0 Å². The summed E-state index contributed by atoms with van der Waals surface area (Å²) < 4.78 is 31.4. The van der Waals surface area contributed by atoms with E-state index in [9.17, 15) is 8.42 Å². The molecule has 1 aromatic carbocycles. The molecule has 124 valence electrons. The van der Waals surface area contributed by atoms with Crippen LogP contribution in [0.25, 0.3) is 11.4 Å². The molecule has 7 nitrogen and oxygen atoms in total. The van der Waals surface area contributed by atoms with E-state index >= 15 is 0 Å². The van der Waals surface area contributed by atoms with E-state index in [-0.39, 0.29) is 0 Å². The molecule has 1 aliphatic rings. The Kier molecular flexibility index (Phi) is 4.63. The lowest BCUT2D eigenvalue weighted by Gasteiger charge is -2.21. The SMILES string of the molecule is Cn1cnnc1-c1ccccc1NS(=O)(=O)N1CCCCCC1. The third-order valence-corrected chi connectivity index (χ3v) is 5.55. The van der Waals surface area contributed by atoms with Crippen LogP contribution in [-0.2, 0) is 17.3 Å². The Hall–Kier alpha value is -1.93. The standard InChI is InChI=1S/C15H21N5O2S/c1-19-12-16-17-15(19)13-8-4-5-9-14(13)18-23(21,22)20-10-6-2-3-7-11-20/h4-5,8-9,12,18H,2-3,6-7,10-11H2,1H3. The van der Waals surface area contributed by atoms with Gasteiger partial charge < -0.3 is 4.57 Å². The zero-order chi connectivity index (χ0) is 16.3. The van der Waals surface area contributed by atoms with Gasteiger partial charge in [-0.3, -0.25) is 4.72 Å². The molecule has 0 spiro atoms. The lowest BCUT2D eigenvalue weighted by Crippen LogP contribution is -2.36. The van der Waals surface area contributed by atoms with Gasteiger partial charge in [0.1, 0.15) is 6.33 Å². The first-order valence-corrected chi connectivity index (χ1v) is 9.23. The molecule has 1 N–H and O–H groups in total. The minimum Gasteiger partial charge on any atom is -0.317 e. The maximum atomic E-state index is 12.7. The molecule has 3 rings (SSSR count). The quantitative estimate of drug-likeness (QED) is 0.927. The molecule has 2 aromatic rings. The number of hydrogen-bond donors (Lipinski definition) is 1. The lowest BCUT2D eigenvalue weighted by atomic mass is 10.2. The number of nitrogens with one attached hydrogen (secondary N) is 1. The van der Waals surface area contributed by atoms with Crippen LogP contribution in [-0.4, -0.2) is 40.6 Å². The van der Waals surface area contributed by atoms with Crippen molar-refractivity contribution < 1.29 is 8.42 Å². The molecule has 0 unspecified atom stereocenters. The number of aromatic nitrogens is 3. The number of para-hydroxylation sites is 1. The summed E-state index contributed by atoms with van der Waals surface area (Å²) in [6.07, 6.45) is 5.58. The normalized spacial score (nSPS) is 16.9. The molecule has 1 fully saturated rings. The van der Waals surface area contributed by atoms with Crippen LogP contribution < -0.4 is 4.72 Å². The molecular weight excluding hydrogens is 314 g/mol. The van der Waals surface area contributed by atoms with Crippen LogP contribution >= 0.6 is 0 Å². The van der Waals surface area contributed by atoms with E-state index in [1.54, 1.807) is 23.0 Å². The molecule has 1 aliphatic heterocycles. The number of nitrogens with zero attached hydrogens (tertiary/aromatic N) is 4. The highest BCUT2D eigenvalue weighted by molar-refractivity contribution is 7.90. The highest BCUT2D eigenvalue weighted by atomic mass is 32.2.